The zero-order valence-electron chi connectivity index (χ0n) is 8.56. The van der Waals surface area contributed by atoms with E-state index in [0.29, 0.717) is 0 Å². The molecular formula is C12H20. The van der Waals surface area contributed by atoms with Crippen molar-refractivity contribution >= 4 is 0 Å². The Labute approximate surface area is 76.4 Å². The summed E-state index contributed by atoms with van der Waals surface area (Å²) in [6.07, 6.45) is 9.91. The lowest BCUT2D eigenvalue weighted by molar-refractivity contribution is 0.518. The van der Waals surface area contributed by atoms with Crippen LogP contribution in [0.25, 0.3) is 0 Å². The largest absolute Gasteiger partial charge is 0.0811 e. The van der Waals surface area contributed by atoms with Crippen LogP contribution in [0, 0.1) is 5.92 Å². The first-order valence-electron chi connectivity index (χ1n) is 5.08. The van der Waals surface area contributed by atoms with Gasteiger partial charge in [-0.25, -0.2) is 0 Å². The molecule has 1 rings (SSSR count). The maximum atomic E-state index is 2.41. The first-order chi connectivity index (χ1) is 5.72. The Morgan fingerprint density at radius 1 is 1.67 bits per heavy atom. The van der Waals surface area contributed by atoms with Crippen LogP contribution in [0.15, 0.2) is 23.3 Å². The molecule has 0 heterocycles. The Bertz CT molecular complexity index is 196. The summed E-state index contributed by atoms with van der Waals surface area (Å²) in [7, 11) is 0. The highest BCUT2D eigenvalue weighted by molar-refractivity contribution is 5.24. The SMILES string of the molecule is CC/C(C)=C\C1=CCC(C)CC1. The van der Waals surface area contributed by atoms with E-state index < -0.39 is 0 Å². The minimum Gasteiger partial charge on any atom is -0.0811 e. The summed E-state index contributed by atoms with van der Waals surface area (Å²) < 4.78 is 0. The molecule has 0 aromatic carbocycles. The highest BCUT2D eigenvalue weighted by Gasteiger charge is 2.07. The van der Waals surface area contributed by atoms with Gasteiger partial charge in [0, 0.05) is 0 Å². The first-order valence-corrected chi connectivity index (χ1v) is 5.08. The fraction of sp³-hybridized carbons (Fsp3) is 0.667. The Hall–Kier alpha value is -0.520. The van der Waals surface area contributed by atoms with Crippen LogP contribution < -0.4 is 0 Å². The van der Waals surface area contributed by atoms with Gasteiger partial charge in [-0.15, -0.1) is 0 Å². The smallest absolute Gasteiger partial charge is 0.0279 e. The summed E-state index contributed by atoms with van der Waals surface area (Å²) in [4.78, 5) is 0. The summed E-state index contributed by atoms with van der Waals surface area (Å²) in [5.41, 5.74) is 3.07. The summed E-state index contributed by atoms with van der Waals surface area (Å²) in [6.45, 7) is 6.78. The van der Waals surface area contributed by atoms with Crippen LogP contribution in [-0.2, 0) is 0 Å². The molecule has 1 aliphatic rings. The van der Waals surface area contributed by atoms with Gasteiger partial charge in [-0.2, -0.15) is 0 Å². The molecule has 0 aliphatic heterocycles. The van der Waals surface area contributed by atoms with Gasteiger partial charge in [0.05, 0.1) is 0 Å². The maximum absolute atomic E-state index is 2.41. The zero-order valence-corrected chi connectivity index (χ0v) is 8.56. The Kier molecular flexibility index (Phi) is 3.58. The number of hydrogen-bond donors (Lipinski definition) is 0. The van der Waals surface area contributed by atoms with E-state index in [0.717, 1.165) is 5.92 Å². The van der Waals surface area contributed by atoms with E-state index in [1.54, 1.807) is 5.57 Å². The summed E-state index contributed by atoms with van der Waals surface area (Å²) >= 11 is 0. The monoisotopic (exact) mass is 164 g/mol. The normalized spacial score (nSPS) is 25.4. The third-order valence-electron chi connectivity index (χ3n) is 2.70. The average Bonchev–Trinajstić information content (AvgIpc) is 2.09. The maximum Gasteiger partial charge on any atom is -0.0279 e. The van der Waals surface area contributed by atoms with Crippen LogP contribution in [0.1, 0.15) is 46.5 Å². The van der Waals surface area contributed by atoms with Gasteiger partial charge < -0.3 is 0 Å². The highest BCUT2D eigenvalue weighted by atomic mass is 14.1. The van der Waals surface area contributed by atoms with Gasteiger partial charge in [0.15, 0.2) is 0 Å². The van der Waals surface area contributed by atoms with Crippen molar-refractivity contribution in [2.45, 2.75) is 46.5 Å². The van der Waals surface area contributed by atoms with Crippen molar-refractivity contribution < 1.29 is 0 Å². The van der Waals surface area contributed by atoms with E-state index >= 15 is 0 Å². The van der Waals surface area contributed by atoms with Gasteiger partial charge in [-0.05, 0) is 38.5 Å². The second kappa shape index (κ2) is 4.49. The molecule has 0 saturated carbocycles. The van der Waals surface area contributed by atoms with Crippen LogP contribution in [0.5, 0.6) is 0 Å². The van der Waals surface area contributed by atoms with Gasteiger partial charge in [0.2, 0.25) is 0 Å². The number of allylic oxidation sites excluding steroid dienone is 4. The predicted octanol–water partition coefficient (Wildman–Crippen LogP) is 4.09. The second-order valence-corrected chi connectivity index (χ2v) is 4.00. The van der Waals surface area contributed by atoms with Crippen molar-refractivity contribution in [3.8, 4) is 0 Å². The molecule has 0 aromatic heterocycles. The molecule has 0 heteroatoms. The Morgan fingerprint density at radius 2 is 2.42 bits per heavy atom. The van der Waals surface area contributed by atoms with Crippen molar-refractivity contribution in [2.75, 3.05) is 0 Å². The summed E-state index contributed by atoms with van der Waals surface area (Å²) in [5, 5.41) is 0. The fourth-order valence-electron chi connectivity index (χ4n) is 1.54. The van der Waals surface area contributed by atoms with E-state index in [9.17, 15) is 0 Å². The molecule has 0 aromatic rings. The average molecular weight is 164 g/mol. The van der Waals surface area contributed by atoms with Crippen molar-refractivity contribution in [2.24, 2.45) is 5.92 Å². The van der Waals surface area contributed by atoms with Crippen molar-refractivity contribution in [3.05, 3.63) is 23.3 Å². The van der Waals surface area contributed by atoms with Crippen LogP contribution in [-0.4, -0.2) is 0 Å². The number of rotatable bonds is 2. The number of hydrogen-bond acceptors (Lipinski definition) is 0. The van der Waals surface area contributed by atoms with Gasteiger partial charge in [0.25, 0.3) is 0 Å². The molecular weight excluding hydrogens is 144 g/mol. The van der Waals surface area contributed by atoms with Crippen LogP contribution in [0.3, 0.4) is 0 Å². The minimum atomic E-state index is 0.907. The standard InChI is InChI=1S/C12H20/c1-4-10(2)9-12-7-5-11(3)6-8-12/h7,9,11H,4-6,8H2,1-3H3/b10-9-. The Balaban J connectivity index is 2.54. The quantitative estimate of drug-likeness (QED) is 0.576. The van der Waals surface area contributed by atoms with Crippen molar-refractivity contribution in [1.29, 1.82) is 0 Å². The Morgan fingerprint density at radius 3 is 2.92 bits per heavy atom. The van der Waals surface area contributed by atoms with Crippen LogP contribution in [0.4, 0.5) is 0 Å². The van der Waals surface area contributed by atoms with Gasteiger partial charge in [-0.1, -0.05) is 37.1 Å². The van der Waals surface area contributed by atoms with E-state index in [4.69, 9.17) is 0 Å². The zero-order chi connectivity index (χ0) is 8.97. The first kappa shape index (κ1) is 9.57. The topological polar surface area (TPSA) is 0 Å². The molecule has 0 saturated heterocycles. The van der Waals surface area contributed by atoms with Crippen LogP contribution >= 0.6 is 0 Å². The van der Waals surface area contributed by atoms with Gasteiger partial charge in [0.1, 0.15) is 0 Å². The molecule has 0 spiro atoms. The molecule has 68 valence electrons. The van der Waals surface area contributed by atoms with Gasteiger partial charge in [-0.3, -0.25) is 0 Å². The lowest BCUT2D eigenvalue weighted by Gasteiger charge is -2.16. The van der Waals surface area contributed by atoms with E-state index in [-0.39, 0.29) is 0 Å². The second-order valence-electron chi connectivity index (χ2n) is 4.00. The molecule has 1 atom stereocenters. The summed E-state index contributed by atoms with van der Waals surface area (Å²) in [5.74, 6) is 0.907. The third-order valence-corrected chi connectivity index (χ3v) is 2.70. The molecule has 12 heavy (non-hydrogen) atoms. The minimum absolute atomic E-state index is 0.907. The fourth-order valence-corrected chi connectivity index (χ4v) is 1.54. The van der Waals surface area contributed by atoms with E-state index in [2.05, 4.69) is 32.9 Å². The molecule has 0 amide bonds. The molecule has 0 bridgehead atoms. The summed E-state index contributed by atoms with van der Waals surface area (Å²) in [6, 6.07) is 0. The predicted molar refractivity (Wildman–Crippen MR) is 55.1 cm³/mol. The molecule has 1 unspecified atom stereocenters. The highest BCUT2D eigenvalue weighted by Crippen LogP contribution is 2.24. The molecule has 0 radical (unpaired) electrons. The van der Waals surface area contributed by atoms with Crippen molar-refractivity contribution in [1.82, 2.24) is 0 Å². The molecule has 0 fully saturated rings. The lowest BCUT2D eigenvalue weighted by Crippen LogP contribution is -2.00. The molecule has 0 nitrogen and oxygen atoms in total. The van der Waals surface area contributed by atoms with Crippen LogP contribution in [0.2, 0.25) is 0 Å². The third kappa shape index (κ3) is 2.84. The molecule has 0 N–H and O–H groups in total. The van der Waals surface area contributed by atoms with Gasteiger partial charge >= 0.3 is 0 Å². The van der Waals surface area contributed by atoms with E-state index in [1.807, 2.05) is 0 Å². The molecule has 1 aliphatic carbocycles. The lowest BCUT2D eigenvalue weighted by atomic mass is 9.90. The van der Waals surface area contributed by atoms with E-state index in [1.165, 1.54) is 31.3 Å². The van der Waals surface area contributed by atoms with Crippen molar-refractivity contribution in [3.63, 3.8) is 0 Å².